The number of hydrogen-bond acceptors (Lipinski definition) is 7. The number of esters is 2. The predicted octanol–water partition coefficient (Wildman–Crippen LogP) is 19.0. The van der Waals surface area contributed by atoms with Crippen molar-refractivity contribution in [3.63, 3.8) is 0 Å². The van der Waals surface area contributed by atoms with Crippen molar-refractivity contribution in [3.8, 4) is 0 Å². The monoisotopic (exact) mass is 1070 g/mol. The van der Waals surface area contributed by atoms with Gasteiger partial charge in [0.1, 0.15) is 0 Å². The van der Waals surface area contributed by atoms with Crippen LogP contribution in [0.25, 0.3) is 0 Å². The van der Waals surface area contributed by atoms with Crippen molar-refractivity contribution in [2.45, 2.75) is 337 Å². The number of hydrogen-bond donors (Lipinski definition) is 0. The average molecular weight is 1070 g/mol. The molecule has 0 aliphatic carbocycles. The third-order valence-corrected chi connectivity index (χ3v) is 16.1. The van der Waals surface area contributed by atoms with Gasteiger partial charge in [-0.25, -0.2) is 0 Å². The fourth-order valence-corrected chi connectivity index (χ4v) is 10.8. The first-order chi connectivity index (χ1) is 37.1. The van der Waals surface area contributed by atoms with E-state index >= 15 is 0 Å². The number of carbonyl (C=O) groups is 4. The minimum atomic E-state index is -0.144. The van der Waals surface area contributed by atoms with Gasteiger partial charge in [0.25, 0.3) is 0 Å². The van der Waals surface area contributed by atoms with E-state index in [1.807, 2.05) is 9.80 Å². The smallest absolute Gasteiger partial charge is 0.307 e. The molecule has 0 spiro atoms. The lowest BCUT2D eigenvalue weighted by molar-refractivity contribution is -0.147. The summed E-state index contributed by atoms with van der Waals surface area (Å²) in [4.78, 5) is 59.2. The Hall–Kier alpha value is -2.16. The molecule has 0 aromatic carbocycles. The number of ether oxygens (including phenoxy) is 2. The highest BCUT2D eigenvalue weighted by molar-refractivity contribution is 5.78. The molecule has 0 saturated carbocycles. The molecule has 9 nitrogen and oxygen atoms in total. The molecule has 2 unspecified atom stereocenters. The summed E-state index contributed by atoms with van der Waals surface area (Å²) in [5, 5.41) is 0. The molecular weight excluding hydrogens is 943 g/mol. The van der Waals surface area contributed by atoms with Crippen LogP contribution in [0, 0.1) is 11.8 Å². The van der Waals surface area contributed by atoms with Crippen LogP contribution >= 0.6 is 0 Å². The van der Waals surface area contributed by atoms with E-state index in [-0.39, 0.29) is 23.8 Å². The van der Waals surface area contributed by atoms with Crippen molar-refractivity contribution in [2.24, 2.45) is 11.8 Å². The first-order valence-corrected chi connectivity index (χ1v) is 33.7. The van der Waals surface area contributed by atoms with E-state index in [1.54, 1.807) is 0 Å². The maximum atomic E-state index is 13.4. The zero-order valence-corrected chi connectivity index (χ0v) is 52.1. The fourth-order valence-electron chi connectivity index (χ4n) is 10.8. The molecular formula is C67H131N3O6. The second-order valence-electron chi connectivity index (χ2n) is 23.6. The van der Waals surface area contributed by atoms with E-state index in [0.29, 0.717) is 63.8 Å². The number of carbonyl (C=O) groups excluding carboxylic acids is 4. The van der Waals surface area contributed by atoms with Crippen LogP contribution in [0.3, 0.4) is 0 Å². The lowest BCUT2D eigenvalue weighted by Crippen LogP contribution is -2.34. The Morgan fingerprint density at radius 1 is 0.289 bits per heavy atom. The molecule has 0 rings (SSSR count). The van der Waals surface area contributed by atoms with Crippen molar-refractivity contribution >= 4 is 23.8 Å². The molecule has 0 heterocycles. The van der Waals surface area contributed by atoms with Crippen LogP contribution in [0.1, 0.15) is 337 Å². The second-order valence-corrected chi connectivity index (χ2v) is 23.6. The Morgan fingerprint density at radius 2 is 0.539 bits per heavy atom. The summed E-state index contributed by atoms with van der Waals surface area (Å²) in [6.45, 7) is 19.2. The van der Waals surface area contributed by atoms with E-state index < -0.39 is 0 Å². The van der Waals surface area contributed by atoms with Crippen molar-refractivity contribution in [3.05, 3.63) is 0 Å². The van der Waals surface area contributed by atoms with Gasteiger partial charge in [-0.05, 0) is 96.2 Å². The lowest BCUT2D eigenvalue weighted by atomic mass is 9.95. The normalized spacial score (nSPS) is 12.3. The summed E-state index contributed by atoms with van der Waals surface area (Å²) in [7, 11) is 2.24. The Kier molecular flexibility index (Phi) is 55.9. The molecule has 2 amide bonds. The summed E-state index contributed by atoms with van der Waals surface area (Å²) in [5.41, 5.74) is 0. The van der Waals surface area contributed by atoms with E-state index in [4.69, 9.17) is 9.47 Å². The highest BCUT2D eigenvalue weighted by Gasteiger charge is 2.19. The maximum absolute atomic E-state index is 13.4. The molecule has 0 aliphatic heterocycles. The quantitative estimate of drug-likeness (QED) is 0.0442. The van der Waals surface area contributed by atoms with Crippen LogP contribution in [0.4, 0.5) is 0 Å². The molecule has 0 aliphatic rings. The zero-order chi connectivity index (χ0) is 55.8. The van der Waals surface area contributed by atoms with Gasteiger partial charge < -0.3 is 24.2 Å². The molecule has 0 saturated heterocycles. The summed E-state index contributed by atoms with van der Waals surface area (Å²) < 4.78 is 11.8. The molecule has 450 valence electrons. The zero-order valence-electron chi connectivity index (χ0n) is 52.1. The topological polar surface area (TPSA) is 96.5 Å². The largest absolute Gasteiger partial charge is 0.465 e. The molecule has 76 heavy (non-hydrogen) atoms. The van der Waals surface area contributed by atoms with Gasteiger partial charge in [0.15, 0.2) is 0 Å². The van der Waals surface area contributed by atoms with Crippen LogP contribution in [0.2, 0.25) is 0 Å². The Labute approximate surface area is 473 Å². The summed E-state index contributed by atoms with van der Waals surface area (Å²) in [5.74, 6) is 1.03. The van der Waals surface area contributed by atoms with Gasteiger partial charge in [-0.1, -0.05) is 247 Å². The van der Waals surface area contributed by atoms with Gasteiger partial charge in [0, 0.05) is 39.0 Å². The van der Waals surface area contributed by atoms with Crippen LogP contribution < -0.4 is 0 Å². The van der Waals surface area contributed by atoms with E-state index in [0.717, 1.165) is 116 Å². The molecule has 0 fully saturated rings. The fraction of sp³-hybridized carbons (Fsp3) is 0.940. The minimum absolute atomic E-state index is 0.144. The molecule has 0 aromatic rings. The highest BCUT2D eigenvalue weighted by atomic mass is 16.5. The highest BCUT2D eigenvalue weighted by Crippen LogP contribution is 2.22. The van der Waals surface area contributed by atoms with Crippen molar-refractivity contribution in [1.29, 1.82) is 0 Å². The van der Waals surface area contributed by atoms with E-state index in [2.05, 4.69) is 53.5 Å². The van der Waals surface area contributed by atoms with Gasteiger partial charge in [-0.2, -0.15) is 0 Å². The molecule has 0 aromatic heterocycles. The molecule has 0 radical (unpaired) electrons. The average Bonchev–Trinajstić information content (AvgIpc) is 3.41. The number of rotatable bonds is 60. The van der Waals surface area contributed by atoms with Crippen LogP contribution in [0.15, 0.2) is 0 Å². The van der Waals surface area contributed by atoms with Crippen molar-refractivity contribution in [1.82, 2.24) is 14.7 Å². The molecule has 9 heteroatoms. The van der Waals surface area contributed by atoms with Crippen LogP contribution in [-0.4, -0.2) is 98.0 Å². The van der Waals surface area contributed by atoms with Crippen LogP contribution in [-0.2, 0) is 28.7 Å². The SMILES string of the molecule is CCCCCCCCC(CCCCCC)COC(=O)CCN(CCCCCC)C(=O)CCCCCCCN(C)CCCCCCCC(=O)N(CCCCCC)CCC(=O)OCC(CCCCCC)CCCCCCCC. The minimum Gasteiger partial charge on any atom is -0.465 e. The maximum Gasteiger partial charge on any atom is 0.307 e. The van der Waals surface area contributed by atoms with Crippen molar-refractivity contribution < 1.29 is 28.7 Å². The molecule has 2 atom stereocenters. The van der Waals surface area contributed by atoms with E-state index in [1.165, 1.54) is 180 Å². The van der Waals surface area contributed by atoms with Gasteiger partial charge in [0.05, 0.1) is 26.1 Å². The number of unbranched alkanes of at least 4 members (excludes halogenated alkanes) is 30. The number of nitrogens with zero attached hydrogens (tertiary/aromatic N) is 3. The summed E-state index contributed by atoms with van der Waals surface area (Å²) in [6, 6.07) is 0. The van der Waals surface area contributed by atoms with Crippen LogP contribution in [0.5, 0.6) is 0 Å². The first kappa shape index (κ1) is 73.8. The Balaban J connectivity index is 4.57. The molecule has 0 bridgehead atoms. The summed E-state index contributed by atoms with van der Waals surface area (Å²) in [6.07, 6.45) is 51.8. The summed E-state index contributed by atoms with van der Waals surface area (Å²) >= 11 is 0. The standard InChI is InChI=1S/C67H131N3O6/c1-8-14-20-26-30-38-48-62(46-36-22-16-10-3)60-75-66(73)52-58-69(56-44-24-18-12-5)64(71)50-40-32-28-34-42-54-68(7)55-43-35-29-33-41-51-65(72)70(57-45-25-19-13-6)59-53-67(74)76-61-63(47-37-23-17-11-4)49-39-31-27-21-15-9-2/h62-63H,8-61H2,1-7H3. The first-order valence-electron chi connectivity index (χ1n) is 33.7. The second kappa shape index (κ2) is 57.5. The van der Waals surface area contributed by atoms with Gasteiger partial charge in [-0.15, -0.1) is 0 Å². The third-order valence-electron chi connectivity index (χ3n) is 16.1. The van der Waals surface area contributed by atoms with Crippen molar-refractivity contribution in [2.75, 3.05) is 59.5 Å². The third kappa shape index (κ3) is 48.9. The van der Waals surface area contributed by atoms with Gasteiger partial charge in [0.2, 0.25) is 11.8 Å². The van der Waals surface area contributed by atoms with Gasteiger partial charge in [-0.3, -0.25) is 19.2 Å². The number of amides is 2. The van der Waals surface area contributed by atoms with E-state index in [9.17, 15) is 19.2 Å². The molecule has 0 N–H and O–H groups in total. The Bertz CT molecular complexity index is 1190. The Morgan fingerprint density at radius 3 is 0.868 bits per heavy atom. The predicted molar refractivity (Wildman–Crippen MR) is 326 cm³/mol. The lowest BCUT2D eigenvalue weighted by Gasteiger charge is -2.23. The van der Waals surface area contributed by atoms with Gasteiger partial charge >= 0.3 is 11.9 Å².